The Hall–Kier alpha value is -1.62. The number of fused-ring (bicyclic) bond motifs is 1. The molecule has 6 heteroatoms. The Morgan fingerprint density at radius 3 is 2.80 bits per heavy atom. The Bertz CT molecular complexity index is 562. The third-order valence-electron chi connectivity index (χ3n) is 2.35. The van der Waals surface area contributed by atoms with Gasteiger partial charge in [0.25, 0.3) is 0 Å². The van der Waals surface area contributed by atoms with E-state index in [1.165, 1.54) is 10.7 Å². The van der Waals surface area contributed by atoms with Gasteiger partial charge in [-0.1, -0.05) is 11.6 Å². The molecule has 5 nitrogen and oxygen atoms in total. The first-order valence-electron chi connectivity index (χ1n) is 4.26. The number of carboxylic acids is 1. The van der Waals surface area contributed by atoms with Crippen LogP contribution >= 0.6 is 11.6 Å². The van der Waals surface area contributed by atoms with Gasteiger partial charge in [-0.2, -0.15) is 5.10 Å². The van der Waals surface area contributed by atoms with Gasteiger partial charge in [-0.25, -0.2) is 14.3 Å². The molecule has 2 aromatic rings. The molecule has 0 radical (unpaired) electrons. The van der Waals surface area contributed by atoms with Crippen LogP contribution in [0.1, 0.15) is 21.6 Å². The quantitative estimate of drug-likeness (QED) is 0.750. The summed E-state index contributed by atoms with van der Waals surface area (Å²) < 4.78 is 1.48. The highest BCUT2D eigenvalue weighted by atomic mass is 35.5. The summed E-state index contributed by atoms with van der Waals surface area (Å²) >= 11 is 5.88. The molecule has 0 atom stereocenters. The van der Waals surface area contributed by atoms with Gasteiger partial charge in [0.15, 0.2) is 5.65 Å². The van der Waals surface area contributed by atoms with E-state index in [4.69, 9.17) is 16.7 Å². The second-order valence-electron chi connectivity index (χ2n) is 3.21. The van der Waals surface area contributed by atoms with Crippen molar-refractivity contribution < 1.29 is 9.90 Å². The van der Waals surface area contributed by atoms with Crippen LogP contribution in [0.2, 0.25) is 5.15 Å². The van der Waals surface area contributed by atoms with Crippen molar-refractivity contribution in [2.24, 2.45) is 0 Å². The molecule has 0 saturated carbocycles. The standard InChI is InChI=1S/C9H8ClN3O2/c1-4-5(2)13-8(12-7(4)10)6(3-11-13)9(14)15/h3H,1-2H3,(H,14,15). The summed E-state index contributed by atoms with van der Waals surface area (Å²) in [5.41, 5.74) is 1.91. The van der Waals surface area contributed by atoms with Crippen molar-refractivity contribution in [1.29, 1.82) is 0 Å². The summed E-state index contributed by atoms with van der Waals surface area (Å²) in [6, 6.07) is 0. The fraction of sp³-hybridized carbons (Fsp3) is 0.222. The minimum atomic E-state index is -1.06. The van der Waals surface area contributed by atoms with E-state index in [-0.39, 0.29) is 11.2 Å². The molecule has 0 amide bonds. The number of hydrogen-bond donors (Lipinski definition) is 1. The number of aromatic carboxylic acids is 1. The fourth-order valence-corrected chi connectivity index (χ4v) is 1.55. The Labute approximate surface area is 90.3 Å². The topological polar surface area (TPSA) is 67.5 Å². The highest BCUT2D eigenvalue weighted by Gasteiger charge is 2.16. The number of nitrogens with zero attached hydrogens (tertiary/aromatic N) is 3. The molecule has 0 bridgehead atoms. The van der Waals surface area contributed by atoms with E-state index in [9.17, 15) is 4.79 Å². The summed E-state index contributed by atoms with van der Waals surface area (Å²) in [5, 5.41) is 13.2. The summed E-state index contributed by atoms with van der Waals surface area (Å²) in [7, 11) is 0. The number of carboxylic acid groups (broad SMARTS) is 1. The van der Waals surface area contributed by atoms with Crippen molar-refractivity contribution in [1.82, 2.24) is 14.6 Å². The fourth-order valence-electron chi connectivity index (χ4n) is 1.33. The van der Waals surface area contributed by atoms with Gasteiger partial charge in [0.2, 0.25) is 0 Å². The first-order valence-corrected chi connectivity index (χ1v) is 4.64. The summed E-state index contributed by atoms with van der Waals surface area (Å²) in [4.78, 5) is 14.8. The number of hydrogen-bond acceptors (Lipinski definition) is 3. The lowest BCUT2D eigenvalue weighted by molar-refractivity contribution is 0.0699. The number of aromatic nitrogens is 3. The van der Waals surface area contributed by atoms with Crippen LogP contribution in [0.25, 0.3) is 5.65 Å². The molecule has 78 valence electrons. The highest BCUT2D eigenvalue weighted by molar-refractivity contribution is 6.30. The van der Waals surface area contributed by atoms with E-state index < -0.39 is 5.97 Å². The maximum atomic E-state index is 10.8. The SMILES string of the molecule is Cc1c(Cl)nc2c(C(=O)O)cnn2c1C. The molecule has 2 aromatic heterocycles. The zero-order chi connectivity index (χ0) is 11.2. The minimum absolute atomic E-state index is 0.0556. The van der Waals surface area contributed by atoms with Crippen molar-refractivity contribution >= 4 is 23.2 Å². The normalized spacial score (nSPS) is 10.9. The summed E-state index contributed by atoms with van der Waals surface area (Å²) in [5.74, 6) is -1.06. The smallest absolute Gasteiger partial charge is 0.341 e. The van der Waals surface area contributed by atoms with Gasteiger partial charge in [0.05, 0.1) is 6.20 Å². The van der Waals surface area contributed by atoms with Gasteiger partial charge in [-0.3, -0.25) is 0 Å². The largest absolute Gasteiger partial charge is 0.477 e. The predicted octanol–water partition coefficient (Wildman–Crippen LogP) is 1.70. The van der Waals surface area contributed by atoms with Crippen LogP contribution in [0.3, 0.4) is 0 Å². The number of rotatable bonds is 1. The zero-order valence-electron chi connectivity index (χ0n) is 8.15. The summed E-state index contributed by atoms with van der Waals surface area (Å²) in [6.45, 7) is 3.63. The average molecular weight is 226 g/mol. The van der Waals surface area contributed by atoms with Gasteiger partial charge in [0, 0.05) is 11.3 Å². The molecule has 0 aromatic carbocycles. The van der Waals surface area contributed by atoms with Crippen molar-refractivity contribution in [2.75, 3.05) is 0 Å². The van der Waals surface area contributed by atoms with E-state index in [1.807, 2.05) is 13.8 Å². The molecule has 0 saturated heterocycles. The zero-order valence-corrected chi connectivity index (χ0v) is 8.91. The molecule has 15 heavy (non-hydrogen) atoms. The molecular weight excluding hydrogens is 218 g/mol. The van der Waals surface area contributed by atoms with Crippen LogP contribution in [-0.2, 0) is 0 Å². The molecule has 0 spiro atoms. The van der Waals surface area contributed by atoms with Gasteiger partial charge in [-0.05, 0) is 13.8 Å². The van der Waals surface area contributed by atoms with Crippen molar-refractivity contribution in [3.8, 4) is 0 Å². The minimum Gasteiger partial charge on any atom is -0.477 e. The third kappa shape index (κ3) is 1.35. The Morgan fingerprint density at radius 2 is 2.20 bits per heavy atom. The number of aryl methyl sites for hydroxylation is 1. The van der Waals surface area contributed by atoms with Crippen LogP contribution in [0.4, 0.5) is 0 Å². The molecule has 2 rings (SSSR count). The molecule has 1 N–H and O–H groups in total. The van der Waals surface area contributed by atoms with Crippen molar-refractivity contribution in [2.45, 2.75) is 13.8 Å². The number of carbonyl (C=O) groups is 1. The Kier molecular flexibility index (Phi) is 2.12. The molecule has 0 aliphatic rings. The van der Waals surface area contributed by atoms with Crippen molar-refractivity contribution in [3.63, 3.8) is 0 Å². The Morgan fingerprint density at radius 1 is 1.53 bits per heavy atom. The molecule has 0 aliphatic carbocycles. The summed E-state index contributed by atoms with van der Waals surface area (Å²) in [6.07, 6.45) is 1.27. The molecule has 2 heterocycles. The third-order valence-corrected chi connectivity index (χ3v) is 2.72. The van der Waals surface area contributed by atoms with Crippen molar-refractivity contribution in [3.05, 3.63) is 28.2 Å². The van der Waals surface area contributed by atoms with Gasteiger partial charge in [0.1, 0.15) is 10.7 Å². The molecule has 0 fully saturated rings. The van der Waals surface area contributed by atoms with Crippen LogP contribution in [-0.4, -0.2) is 25.7 Å². The first kappa shape index (κ1) is 9.92. The first-order chi connectivity index (χ1) is 7.02. The maximum Gasteiger partial charge on any atom is 0.341 e. The van der Waals surface area contributed by atoms with E-state index in [2.05, 4.69) is 10.1 Å². The molecule has 0 aliphatic heterocycles. The van der Waals surface area contributed by atoms with Gasteiger partial charge < -0.3 is 5.11 Å². The lowest BCUT2D eigenvalue weighted by atomic mass is 10.2. The van der Waals surface area contributed by atoms with Crippen LogP contribution < -0.4 is 0 Å². The Balaban J connectivity index is 2.89. The monoisotopic (exact) mass is 225 g/mol. The molecule has 0 unspecified atom stereocenters. The van der Waals surface area contributed by atoms with E-state index in [0.29, 0.717) is 5.15 Å². The van der Waals surface area contributed by atoms with E-state index in [1.54, 1.807) is 0 Å². The second kappa shape index (κ2) is 3.20. The molecular formula is C9H8ClN3O2. The van der Waals surface area contributed by atoms with Crippen LogP contribution in [0, 0.1) is 13.8 Å². The lowest BCUT2D eigenvalue weighted by Gasteiger charge is -2.04. The van der Waals surface area contributed by atoms with Gasteiger partial charge >= 0.3 is 5.97 Å². The predicted molar refractivity (Wildman–Crippen MR) is 54.4 cm³/mol. The van der Waals surface area contributed by atoms with E-state index in [0.717, 1.165) is 11.3 Å². The maximum absolute atomic E-state index is 10.8. The number of halogens is 1. The second-order valence-corrected chi connectivity index (χ2v) is 3.57. The highest BCUT2D eigenvalue weighted by Crippen LogP contribution is 2.19. The lowest BCUT2D eigenvalue weighted by Crippen LogP contribution is -2.02. The van der Waals surface area contributed by atoms with Crippen LogP contribution in [0.15, 0.2) is 6.20 Å². The van der Waals surface area contributed by atoms with Crippen LogP contribution in [0.5, 0.6) is 0 Å². The van der Waals surface area contributed by atoms with Gasteiger partial charge in [-0.15, -0.1) is 0 Å². The van der Waals surface area contributed by atoms with E-state index >= 15 is 0 Å². The average Bonchev–Trinajstić information content (AvgIpc) is 2.58.